The summed E-state index contributed by atoms with van der Waals surface area (Å²) in [6.45, 7) is 3.35. The predicted octanol–water partition coefficient (Wildman–Crippen LogP) is 1.81. The quantitative estimate of drug-likeness (QED) is 0.877. The van der Waals surface area contributed by atoms with Crippen molar-refractivity contribution in [3.8, 4) is 5.88 Å². The molecule has 2 aliphatic rings. The van der Waals surface area contributed by atoms with E-state index in [2.05, 4.69) is 21.3 Å². The number of likely N-dealkylation sites (tertiary alicyclic amines) is 1. The van der Waals surface area contributed by atoms with E-state index in [1.165, 1.54) is 38.8 Å². The third-order valence-corrected chi connectivity index (χ3v) is 4.16. The average Bonchev–Trinajstić information content (AvgIpc) is 3.31. The molecule has 0 aromatic carbocycles. The van der Waals surface area contributed by atoms with E-state index in [0.29, 0.717) is 11.9 Å². The molecule has 4 heteroatoms. The lowest BCUT2D eigenvalue weighted by Crippen LogP contribution is -2.43. The largest absolute Gasteiger partial charge is 0.481 e. The minimum absolute atomic E-state index is 0.642. The van der Waals surface area contributed by atoms with Crippen LogP contribution in [0.2, 0.25) is 0 Å². The molecule has 0 unspecified atom stereocenters. The Kier molecular flexibility index (Phi) is 3.99. The van der Waals surface area contributed by atoms with E-state index in [4.69, 9.17) is 4.74 Å². The van der Waals surface area contributed by atoms with Crippen LogP contribution in [0, 0.1) is 0 Å². The molecule has 1 saturated carbocycles. The van der Waals surface area contributed by atoms with Gasteiger partial charge in [-0.05, 0) is 44.8 Å². The van der Waals surface area contributed by atoms with Gasteiger partial charge >= 0.3 is 0 Å². The van der Waals surface area contributed by atoms with Crippen LogP contribution in [0.4, 0.5) is 0 Å². The minimum atomic E-state index is 0.642. The molecular formula is C15H23N3O. The zero-order valence-electron chi connectivity index (χ0n) is 11.6. The second-order valence-electron chi connectivity index (χ2n) is 5.59. The van der Waals surface area contributed by atoms with Gasteiger partial charge < -0.3 is 15.0 Å². The maximum absolute atomic E-state index is 5.15. The predicted molar refractivity (Wildman–Crippen MR) is 75.2 cm³/mol. The number of rotatable bonds is 5. The van der Waals surface area contributed by atoms with E-state index >= 15 is 0 Å². The summed E-state index contributed by atoms with van der Waals surface area (Å²) in [5, 5.41) is 3.62. The van der Waals surface area contributed by atoms with Gasteiger partial charge in [-0.25, -0.2) is 4.98 Å². The van der Waals surface area contributed by atoms with Gasteiger partial charge in [-0.3, -0.25) is 0 Å². The third kappa shape index (κ3) is 3.45. The monoisotopic (exact) mass is 261 g/mol. The zero-order chi connectivity index (χ0) is 13.1. The fraction of sp³-hybridized carbons (Fsp3) is 0.667. The molecule has 1 aromatic rings. The summed E-state index contributed by atoms with van der Waals surface area (Å²) in [7, 11) is 1.66. The van der Waals surface area contributed by atoms with Crippen molar-refractivity contribution in [3.05, 3.63) is 23.9 Å². The Morgan fingerprint density at radius 2 is 2.05 bits per heavy atom. The van der Waals surface area contributed by atoms with Crippen LogP contribution in [0.25, 0.3) is 0 Å². The lowest BCUT2D eigenvalue weighted by atomic mass is 10.0. The molecule has 2 heterocycles. The molecule has 1 saturated heterocycles. The van der Waals surface area contributed by atoms with Crippen molar-refractivity contribution in [2.24, 2.45) is 0 Å². The normalized spacial score (nSPS) is 21.5. The Morgan fingerprint density at radius 3 is 2.74 bits per heavy atom. The van der Waals surface area contributed by atoms with E-state index in [1.54, 1.807) is 7.11 Å². The first kappa shape index (κ1) is 12.9. The summed E-state index contributed by atoms with van der Waals surface area (Å²) in [4.78, 5) is 7.09. The van der Waals surface area contributed by atoms with Crippen molar-refractivity contribution in [3.63, 3.8) is 0 Å². The first-order valence-corrected chi connectivity index (χ1v) is 7.32. The van der Waals surface area contributed by atoms with Gasteiger partial charge in [-0.2, -0.15) is 0 Å². The molecule has 2 fully saturated rings. The van der Waals surface area contributed by atoms with Gasteiger partial charge in [0.05, 0.1) is 12.8 Å². The summed E-state index contributed by atoms with van der Waals surface area (Å²) in [5.74, 6) is 0.697. The molecule has 19 heavy (non-hydrogen) atoms. The van der Waals surface area contributed by atoms with Crippen LogP contribution in [0.15, 0.2) is 18.2 Å². The number of aromatic nitrogens is 1. The molecule has 1 aliphatic carbocycles. The highest BCUT2D eigenvalue weighted by Gasteiger charge is 2.31. The van der Waals surface area contributed by atoms with Crippen molar-refractivity contribution in [1.82, 2.24) is 15.2 Å². The van der Waals surface area contributed by atoms with E-state index < -0.39 is 0 Å². The van der Waals surface area contributed by atoms with Crippen LogP contribution in [-0.2, 0) is 6.54 Å². The van der Waals surface area contributed by atoms with Crippen molar-refractivity contribution in [2.45, 2.75) is 44.3 Å². The van der Waals surface area contributed by atoms with E-state index in [9.17, 15) is 0 Å². The Morgan fingerprint density at radius 1 is 1.26 bits per heavy atom. The number of piperidine rings is 1. The molecule has 104 valence electrons. The number of hydrogen-bond acceptors (Lipinski definition) is 4. The molecular weight excluding hydrogens is 238 g/mol. The second kappa shape index (κ2) is 5.88. The standard InChI is InChI=1S/C15H23N3O/c1-19-15-4-2-3-13(17-15)11-16-12-7-9-18(10-8-12)14-5-6-14/h2-4,12,14,16H,5-11H2,1H3. The van der Waals surface area contributed by atoms with E-state index in [0.717, 1.165) is 18.3 Å². The molecule has 1 aromatic heterocycles. The van der Waals surface area contributed by atoms with Gasteiger partial charge in [0, 0.05) is 24.7 Å². The Bertz CT molecular complexity index is 412. The molecule has 1 aliphatic heterocycles. The van der Waals surface area contributed by atoms with Gasteiger partial charge in [0.25, 0.3) is 0 Å². The molecule has 0 atom stereocenters. The SMILES string of the molecule is COc1cccc(CNC2CCN(C3CC3)CC2)n1. The summed E-state index contributed by atoms with van der Waals surface area (Å²) < 4.78 is 5.15. The first-order valence-electron chi connectivity index (χ1n) is 7.32. The number of hydrogen-bond donors (Lipinski definition) is 1. The summed E-state index contributed by atoms with van der Waals surface area (Å²) >= 11 is 0. The third-order valence-electron chi connectivity index (χ3n) is 4.16. The highest BCUT2D eigenvalue weighted by Crippen LogP contribution is 2.29. The maximum atomic E-state index is 5.15. The molecule has 1 N–H and O–H groups in total. The lowest BCUT2D eigenvalue weighted by Gasteiger charge is -2.32. The Labute approximate surface area is 115 Å². The van der Waals surface area contributed by atoms with Crippen molar-refractivity contribution in [2.75, 3.05) is 20.2 Å². The Hall–Kier alpha value is -1.13. The summed E-state index contributed by atoms with van der Waals surface area (Å²) in [5.41, 5.74) is 1.06. The van der Waals surface area contributed by atoms with Crippen LogP contribution in [0.1, 0.15) is 31.4 Å². The van der Waals surface area contributed by atoms with Crippen molar-refractivity contribution in [1.29, 1.82) is 0 Å². The van der Waals surface area contributed by atoms with E-state index in [-0.39, 0.29) is 0 Å². The molecule has 0 radical (unpaired) electrons. The smallest absolute Gasteiger partial charge is 0.213 e. The topological polar surface area (TPSA) is 37.4 Å². The van der Waals surface area contributed by atoms with Gasteiger partial charge in [0.2, 0.25) is 5.88 Å². The average molecular weight is 261 g/mol. The van der Waals surface area contributed by atoms with Crippen LogP contribution in [0.5, 0.6) is 5.88 Å². The molecule has 0 bridgehead atoms. The molecule has 0 amide bonds. The number of nitrogens with one attached hydrogen (secondary N) is 1. The summed E-state index contributed by atoms with van der Waals surface area (Å²) in [6, 6.07) is 7.49. The lowest BCUT2D eigenvalue weighted by molar-refractivity contribution is 0.189. The van der Waals surface area contributed by atoms with Gasteiger partial charge in [-0.15, -0.1) is 0 Å². The van der Waals surface area contributed by atoms with Crippen LogP contribution in [0.3, 0.4) is 0 Å². The van der Waals surface area contributed by atoms with E-state index in [1.807, 2.05) is 12.1 Å². The van der Waals surface area contributed by atoms with Crippen LogP contribution < -0.4 is 10.1 Å². The Balaban J connectivity index is 1.44. The fourth-order valence-corrected chi connectivity index (χ4v) is 2.83. The summed E-state index contributed by atoms with van der Waals surface area (Å²) in [6.07, 6.45) is 5.37. The van der Waals surface area contributed by atoms with Gasteiger partial charge in [0.15, 0.2) is 0 Å². The van der Waals surface area contributed by atoms with Crippen molar-refractivity contribution >= 4 is 0 Å². The second-order valence-corrected chi connectivity index (χ2v) is 5.59. The molecule has 4 nitrogen and oxygen atoms in total. The van der Waals surface area contributed by atoms with Gasteiger partial charge in [0.1, 0.15) is 0 Å². The fourth-order valence-electron chi connectivity index (χ4n) is 2.83. The first-order chi connectivity index (χ1) is 9.35. The number of ether oxygens (including phenoxy) is 1. The van der Waals surface area contributed by atoms with Crippen molar-refractivity contribution < 1.29 is 4.74 Å². The number of methoxy groups -OCH3 is 1. The van der Waals surface area contributed by atoms with Crippen LogP contribution in [-0.4, -0.2) is 42.2 Å². The highest BCUT2D eigenvalue weighted by molar-refractivity contribution is 5.15. The maximum Gasteiger partial charge on any atom is 0.213 e. The minimum Gasteiger partial charge on any atom is -0.481 e. The number of pyridine rings is 1. The zero-order valence-corrected chi connectivity index (χ0v) is 11.6. The number of nitrogens with zero attached hydrogens (tertiary/aromatic N) is 2. The van der Waals surface area contributed by atoms with Gasteiger partial charge in [-0.1, -0.05) is 6.07 Å². The molecule has 0 spiro atoms. The molecule has 3 rings (SSSR count). The highest BCUT2D eigenvalue weighted by atomic mass is 16.5. The van der Waals surface area contributed by atoms with Crippen LogP contribution >= 0.6 is 0 Å².